The molecule has 0 spiro atoms. The van der Waals surface area contributed by atoms with E-state index in [9.17, 15) is 0 Å². The second kappa shape index (κ2) is 9.19. The zero-order chi connectivity index (χ0) is 15.0. The molecular weight excluding hydrogens is 276 g/mol. The van der Waals surface area contributed by atoms with Gasteiger partial charge in [0.25, 0.3) is 0 Å². The number of ether oxygens (including phenoxy) is 2. The van der Waals surface area contributed by atoms with Crippen LogP contribution in [-0.2, 0) is 4.74 Å². The predicted octanol–water partition coefficient (Wildman–Crippen LogP) is 2.71. The van der Waals surface area contributed by atoms with Crippen molar-refractivity contribution in [3.8, 4) is 5.75 Å². The summed E-state index contributed by atoms with van der Waals surface area (Å²) in [6.07, 6.45) is 0. The third-order valence-electron chi connectivity index (χ3n) is 3.36. The second-order valence-electron chi connectivity index (χ2n) is 4.43. The molecule has 0 aliphatic heterocycles. The quantitative estimate of drug-likeness (QED) is 0.712. The standard InChI is InChI=1S/C15H25ClN2O2/c1-4-18(9-10-20-5-2)13(11-17)15-12(16)7-6-8-14(15)19-3/h6-8,13H,4-5,9-11,17H2,1-3H3. The van der Waals surface area contributed by atoms with Gasteiger partial charge in [-0.3, -0.25) is 4.90 Å². The molecule has 1 aromatic carbocycles. The Kier molecular flexibility index (Phi) is 7.92. The molecule has 4 nitrogen and oxygen atoms in total. The van der Waals surface area contributed by atoms with Crippen molar-refractivity contribution >= 4 is 11.6 Å². The molecule has 1 rings (SSSR count). The van der Waals surface area contributed by atoms with Crippen LogP contribution in [0.15, 0.2) is 18.2 Å². The van der Waals surface area contributed by atoms with Crippen molar-refractivity contribution < 1.29 is 9.47 Å². The topological polar surface area (TPSA) is 47.7 Å². The molecule has 0 bridgehead atoms. The first-order valence-corrected chi connectivity index (χ1v) is 7.41. The number of likely N-dealkylation sites (N-methyl/N-ethyl adjacent to an activating group) is 1. The van der Waals surface area contributed by atoms with Gasteiger partial charge in [-0.1, -0.05) is 24.6 Å². The predicted molar refractivity (Wildman–Crippen MR) is 83.5 cm³/mol. The summed E-state index contributed by atoms with van der Waals surface area (Å²) in [6.45, 7) is 7.70. The van der Waals surface area contributed by atoms with Crippen LogP contribution in [0, 0.1) is 0 Å². The largest absolute Gasteiger partial charge is 0.496 e. The first kappa shape index (κ1) is 17.2. The third-order valence-corrected chi connectivity index (χ3v) is 3.69. The van der Waals surface area contributed by atoms with Crippen molar-refractivity contribution in [2.45, 2.75) is 19.9 Å². The molecule has 0 heterocycles. The van der Waals surface area contributed by atoms with Crippen LogP contribution in [0.5, 0.6) is 5.75 Å². The van der Waals surface area contributed by atoms with E-state index in [1.54, 1.807) is 7.11 Å². The molecule has 2 N–H and O–H groups in total. The fourth-order valence-electron chi connectivity index (χ4n) is 2.33. The average molecular weight is 301 g/mol. The molecule has 1 unspecified atom stereocenters. The molecule has 0 aliphatic carbocycles. The number of benzene rings is 1. The highest BCUT2D eigenvalue weighted by Gasteiger charge is 2.23. The van der Waals surface area contributed by atoms with Gasteiger partial charge in [-0.2, -0.15) is 0 Å². The summed E-state index contributed by atoms with van der Waals surface area (Å²) < 4.78 is 10.9. The maximum Gasteiger partial charge on any atom is 0.125 e. The van der Waals surface area contributed by atoms with Crippen LogP contribution in [0.1, 0.15) is 25.5 Å². The van der Waals surface area contributed by atoms with Crippen molar-refractivity contribution in [3.05, 3.63) is 28.8 Å². The summed E-state index contributed by atoms with van der Waals surface area (Å²) in [5, 5.41) is 0.689. The van der Waals surface area contributed by atoms with E-state index >= 15 is 0 Å². The fourth-order valence-corrected chi connectivity index (χ4v) is 2.62. The molecule has 0 aliphatic rings. The summed E-state index contributed by atoms with van der Waals surface area (Å²) in [5.41, 5.74) is 6.94. The summed E-state index contributed by atoms with van der Waals surface area (Å²) in [6, 6.07) is 5.71. The van der Waals surface area contributed by atoms with Crippen molar-refractivity contribution in [2.75, 3.05) is 40.0 Å². The van der Waals surface area contributed by atoms with Crippen LogP contribution in [0.4, 0.5) is 0 Å². The number of nitrogens with two attached hydrogens (primary N) is 1. The molecule has 1 atom stereocenters. The molecule has 0 saturated heterocycles. The van der Waals surface area contributed by atoms with Crippen molar-refractivity contribution in [1.82, 2.24) is 4.90 Å². The molecule has 1 aromatic rings. The Morgan fingerprint density at radius 2 is 2.10 bits per heavy atom. The van der Waals surface area contributed by atoms with Gasteiger partial charge in [0.1, 0.15) is 5.75 Å². The number of rotatable bonds is 9. The molecule has 0 amide bonds. The lowest BCUT2D eigenvalue weighted by molar-refractivity contribution is 0.0974. The Bertz CT molecular complexity index is 401. The summed E-state index contributed by atoms with van der Waals surface area (Å²) in [7, 11) is 1.65. The Morgan fingerprint density at radius 3 is 2.65 bits per heavy atom. The van der Waals surface area contributed by atoms with Crippen LogP contribution in [0.2, 0.25) is 5.02 Å². The molecule has 0 fully saturated rings. The molecule has 20 heavy (non-hydrogen) atoms. The zero-order valence-corrected chi connectivity index (χ0v) is 13.3. The number of halogens is 1. The Hall–Kier alpha value is -0.810. The van der Waals surface area contributed by atoms with Crippen LogP contribution < -0.4 is 10.5 Å². The summed E-state index contributed by atoms with van der Waals surface area (Å²) in [5.74, 6) is 0.780. The lowest BCUT2D eigenvalue weighted by Crippen LogP contribution is -2.36. The third kappa shape index (κ3) is 4.35. The molecule has 0 radical (unpaired) electrons. The van der Waals surface area contributed by atoms with Gasteiger partial charge in [0.05, 0.1) is 19.8 Å². The zero-order valence-electron chi connectivity index (χ0n) is 12.6. The van der Waals surface area contributed by atoms with Crippen LogP contribution in [-0.4, -0.2) is 44.9 Å². The van der Waals surface area contributed by atoms with Gasteiger partial charge < -0.3 is 15.2 Å². The molecule has 5 heteroatoms. The number of methoxy groups -OCH3 is 1. The van der Waals surface area contributed by atoms with Gasteiger partial charge in [-0.05, 0) is 25.6 Å². The average Bonchev–Trinajstić information content (AvgIpc) is 2.47. The van der Waals surface area contributed by atoms with Crippen molar-refractivity contribution in [2.24, 2.45) is 5.73 Å². The Morgan fingerprint density at radius 1 is 1.35 bits per heavy atom. The highest BCUT2D eigenvalue weighted by atomic mass is 35.5. The van der Waals surface area contributed by atoms with Gasteiger partial charge in [-0.25, -0.2) is 0 Å². The summed E-state index contributed by atoms with van der Waals surface area (Å²) in [4.78, 5) is 2.26. The van der Waals surface area contributed by atoms with Crippen LogP contribution in [0.3, 0.4) is 0 Å². The van der Waals surface area contributed by atoms with Gasteiger partial charge >= 0.3 is 0 Å². The normalized spacial score (nSPS) is 12.7. The molecular formula is C15H25ClN2O2. The number of hydrogen-bond acceptors (Lipinski definition) is 4. The van der Waals surface area contributed by atoms with E-state index in [0.29, 0.717) is 18.2 Å². The van der Waals surface area contributed by atoms with E-state index in [-0.39, 0.29) is 6.04 Å². The van der Waals surface area contributed by atoms with E-state index in [1.165, 1.54) is 0 Å². The molecule has 114 valence electrons. The molecule has 0 aromatic heterocycles. The fraction of sp³-hybridized carbons (Fsp3) is 0.600. The van der Waals surface area contributed by atoms with Crippen LogP contribution in [0.25, 0.3) is 0 Å². The van der Waals surface area contributed by atoms with E-state index in [1.807, 2.05) is 25.1 Å². The summed E-state index contributed by atoms with van der Waals surface area (Å²) >= 11 is 6.35. The van der Waals surface area contributed by atoms with Gasteiger partial charge in [0, 0.05) is 30.3 Å². The van der Waals surface area contributed by atoms with Crippen molar-refractivity contribution in [1.29, 1.82) is 0 Å². The lowest BCUT2D eigenvalue weighted by atomic mass is 10.0. The highest BCUT2D eigenvalue weighted by Crippen LogP contribution is 2.34. The van der Waals surface area contributed by atoms with Crippen LogP contribution >= 0.6 is 11.6 Å². The highest BCUT2D eigenvalue weighted by molar-refractivity contribution is 6.31. The Labute approximate surface area is 126 Å². The maximum absolute atomic E-state index is 6.35. The van der Waals surface area contributed by atoms with E-state index in [0.717, 1.165) is 31.0 Å². The minimum Gasteiger partial charge on any atom is -0.496 e. The van der Waals surface area contributed by atoms with E-state index in [2.05, 4.69) is 11.8 Å². The van der Waals surface area contributed by atoms with Crippen molar-refractivity contribution in [3.63, 3.8) is 0 Å². The van der Waals surface area contributed by atoms with Gasteiger partial charge in [0.15, 0.2) is 0 Å². The smallest absolute Gasteiger partial charge is 0.125 e. The van der Waals surface area contributed by atoms with Gasteiger partial charge in [-0.15, -0.1) is 0 Å². The monoisotopic (exact) mass is 300 g/mol. The maximum atomic E-state index is 6.35. The Balaban J connectivity index is 2.98. The van der Waals surface area contributed by atoms with Gasteiger partial charge in [0.2, 0.25) is 0 Å². The SMILES string of the molecule is CCOCCN(CC)C(CN)c1c(Cl)cccc1OC. The lowest BCUT2D eigenvalue weighted by Gasteiger charge is -2.31. The number of nitrogens with zero attached hydrogens (tertiary/aromatic N) is 1. The minimum atomic E-state index is 0.0316. The molecule has 0 saturated carbocycles. The van der Waals surface area contributed by atoms with E-state index in [4.69, 9.17) is 26.8 Å². The first-order chi connectivity index (χ1) is 9.69. The second-order valence-corrected chi connectivity index (χ2v) is 4.84. The first-order valence-electron chi connectivity index (χ1n) is 7.03. The van der Waals surface area contributed by atoms with E-state index < -0.39 is 0 Å². The number of hydrogen-bond donors (Lipinski definition) is 1. The minimum absolute atomic E-state index is 0.0316.